The van der Waals surface area contributed by atoms with E-state index in [-0.39, 0.29) is 5.91 Å². The summed E-state index contributed by atoms with van der Waals surface area (Å²) in [5.74, 6) is -0.356. The molecule has 1 N–H and O–H groups in total. The first-order valence-corrected chi connectivity index (χ1v) is 8.37. The van der Waals surface area contributed by atoms with Crippen molar-refractivity contribution in [2.24, 2.45) is 5.10 Å². The van der Waals surface area contributed by atoms with Gasteiger partial charge in [-0.1, -0.05) is 16.6 Å². The lowest BCUT2D eigenvalue weighted by Gasteiger charge is -2.07. The molecule has 0 aliphatic carbocycles. The smallest absolute Gasteiger partial charge is 0.266 e. The molecule has 7 nitrogen and oxygen atoms in total. The number of carbonyl (C=O) groups is 1. The third kappa shape index (κ3) is 3.92. The van der Waals surface area contributed by atoms with Gasteiger partial charge in [0.15, 0.2) is 0 Å². The van der Waals surface area contributed by atoms with E-state index >= 15 is 0 Å². The second-order valence-corrected chi connectivity index (χ2v) is 6.17. The van der Waals surface area contributed by atoms with Crippen LogP contribution in [0.2, 0.25) is 0 Å². The molecule has 0 aliphatic heterocycles. The molecule has 0 aromatic carbocycles. The summed E-state index contributed by atoms with van der Waals surface area (Å²) in [4.78, 5) is 21.7. The van der Waals surface area contributed by atoms with Crippen molar-refractivity contribution in [3.8, 4) is 0 Å². The lowest BCUT2D eigenvalue weighted by molar-refractivity contribution is 0.0958. The fourth-order valence-electron chi connectivity index (χ4n) is 2.19. The minimum atomic E-state index is -0.356. The Balaban J connectivity index is 1.99. The second-order valence-electron chi connectivity index (χ2n) is 5.42. The lowest BCUT2D eigenvalue weighted by Crippen LogP contribution is -2.21. The van der Waals surface area contributed by atoms with Gasteiger partial charge in [-0.3, -0.25) is 14.8 Å². The van der Waals surface area contributed by atoms with E-state index in [0.29, 0.717) is 27.7 Å². The number of pyridine rings is 2. The van der Waals surface area contributed by atoms with Crippen molar-refractivity contribution in [2.45, 2.75) is 20.8 Å². The van der Waals surface area contributed by atoms with Gasteiger partial charge in [0.2, 0.25) is 0 Å². The Labute approximate surface area is 149 Å². The summed E-state index contributed by atoms with van der Waals surface area (Å²) in [6, 6.07) is 11.2. The molecule has 0 spiro atoms. The Morgan fingerprint density at radius 3 is 2.08 bits per heavy atom. The summed E-state index contributed by atoms with van der Waals surface area (Å²) < 4.78 is 3.77. The molecule has 3 aromatic heterocycles. The van der Waals surface area contributed by atoms with Crippen molar-refractivity contribution < 1.29 is 4.79 Å². The first-order chi connectivity index (χ1) is 12.0. The number of hydrazone groups is 1. The standard InChI is InChI=1S/C17H16N6OS/c1-10-6-4-8-13(18-10)15(14-9-5-7-11(2)19-14)21-22-17(24)16-12(3)20-23-25-16/h4-9H,1-3H3,(H,22,24). The molecule has 0 radical (unpaired) electrons. The number of aromatic nitrogens is 4. The molecule has 0 saturated heterocycles. The maximum Gasteiger partial charge on any atom is 0.285 e. The van der Waals surface area contributed by atoms with Gasteiger partial charge in [-0.2, -0.15) is 5.10 Å². The highest BCUT2D eigenvalue weighted by atomic mass is 32.1. The van der Waals surface area contributed by atoms with Crippen LogP contribution in [0.1, 0.15) is 38.1 Å². The van der Waals surface area contributed by atoms with Gasteiger partial charge in [0, 0.05) is 11.4 Å². The molecule has 0 bridgehead atoms. The molecule has 25 heavy (non-hydrogen) atoms. The quantitative estimate of drug-likeness (QED) is 0.575. The van der Waals surface area contributed by atoms with E-state index in [1.807, 2.05) is 50.2 Å². The van der Waals surface area contributed by atoms with Gasteiger partial charge in [0.05, 0.1) is 17.1 Å². The predicted molar refractivity (Wildman–Crippen MR) is 95.7 cm³/mol. The van der Waals surface area contributed by atoms with Gasteiger partial charge < -0.3 is 0 Å². The number of amides is 1. The van der Waals surface area contributed by atoms with Crippen molar-refractivity contribution in [1.29, 1.82) is 0 Å². The molecule has 3 aromatic rings. The first kappa shape index (κ1) is 16.8. The number of nitrogens with one attached hydrogen (secondary N) is 1. The van der Waals surface area contributed by atoms with Crippen LogP contribution in [0.3, 0.4) is 0 Å². The molecule has 0 unspecified atom stereocenters. The van der Waals surface area contributed by atoms with Crippen molar-refractivity contribution in [2.75, 3.05) is 0 Å². The van der Waals surface area contributed by atoms with E-state index < -0.39 is 0 Å². The van der Waals surface area contributed by atoms with Crippen molar-refractivity contribution >= 4 is 23.2 Å². The maximum absolute atomic E-state index is 12.3. The average molecular weight is 352 g/mol. The van der Waals surface area contributed by atoms with E-state index in [9.17, 15) is 4.79 Å². The average Bonchev–Trinajstić information content (AvgIpc) is 3.01. The number of nitrogens with zero attached hydrogens (tertiary/aromatic N) is 5. The minimum Gasteiger partial charge on any atom is -0.266 e. The number of carbonyl (C=O) groups excluding carboxylic acids is 1. The van der Waals surface area contributed by atoms with Gasteiger partial charge in [-0.25, -0.2) is 5.43 Å². The van der Waals surface area contributed by atoms with Gasteiger partial charge in [-0.15, -0.1) is 5.10 Å². The van der Waals surface area contributed by atoms with Crippen LogP contribution in [-0.2, 0) is 0 Å². The van der Waals surface area contributed by atoms with Crippen LogP contribution in [0, 0.1) is 20.8 Å². The number of hydrogen-bond donors (Lipinski definition) is 1. The van der Waals surface area contributed by atoms with Crippen LogP contribution in [0.5, 0.6) is 0 Å². The highest BCUT2D eigenvalue weighted by Crippen LogP contribution is 2.11. The Hall–Kier alpha value is -3.00. The molecule has 0 aliphatic rings. The monoisotopic (exact) mass is 352 g/mol. The van der Waals surface area contributed by atoms with Gasteiger partial charge in [0.1, 0.15) is 10.6 Å². The van der Waals surface area contributed by atoms with E-state index in [2.05, 4.69) is 30.1 Å². The van der Waals surface area contributed by atoms with E-state index in [0.717, 1.165) is 22.9 Å². The normalized spacial score (nSPS) is 10.4. The van der Waals surface area contributed by atoms with Crippen molar-refractivity contribution in [1.82, 2.24) is 25.0 Å². The number of rotatable bonds is 4. The molecule has 3 rings (SSSR count). The highest BCUT2D eigenvalue weighted by Gasteiger charge is 2.15. The van der Waals surface area contributed by atoms with Gasteiger partial charge >= 0.3 is 0 Å². The SMILES string of the molecule is Cc1cccc(C(=NNC(=O)c2snnc2C)c2cccc(C)n2)n1. The fraction of sp³-hybridized carbons (Fsp3) is 0.176. The zero-order valence-corrected chi connectivity index (χ0v) is 14.8. The summed E-state index contributed by atoms with van der Waals surface area (Å²) in [5, 5.41) is 8.13. The highest BCUT2D eigenvalue weighted by molar-refractivity contribution is 7.07. The molecular weight excluding hydrogens is 336 g/mol. The van der Waals surface area contributed by atoms with Gasteiger partial charge in [-0.05, 0) is 56.6 Å². The van der Waals surface area contributed by atoms with Crippen LogP contribution < -0.4 is 5.43 Å². The summed E-state index contributed by atoms with van der Waals surface area (Å²) in [6.07, 6.45) is 0. The predicted octanol–water partition coefficient (Wildman–Crippen LogP) is 2.44. The van der Waals surface area contributed by atoms with Gasteiger partial charge in [0.25, 0.3) is 5.91 Å². The Kier molecular flexibility index (Phi) is 4.90. The van der Waals surface area contributed by atoms with Crippen molar-refractivity contribution in [3.63, 3.8) is 0 Å². The molecule has 1 amide bonds. The molecule has 0 saturated carbocycles. The lowest BCUT2D eigenvalue weighted by atomic mass is 10.1. The zero-order valence-electron chi connectivity index (χ0n) is 14.0. The van der Waals surface area contributed by atoms with Crippen LogP contribution in [0.4, 0.5) is 0 Å². The Bertz CT molecular complexity index is 902. The molecule has 3 heterocycles. The first-order valence-electron chi connectivity index (χ1n) is 7.59. The fourth-order valence-corrected chi connectivity index (χ4v) is 2.74. The molecule has 8 heteroatoms. The van der Waals surface area contributed by atoms with Crippen LogP contribution in [-0.4, -0.2) is 31.2 Å². The van der Waals surface area contributed by atoms with Crippen LogP contribution in [0.15, 0.2) is 41.5 Å². The topological polar surface area (TPSA) is 93.0 Å². The van der Waals surface area contributed by atoms with Crippen molar-refractivity contribution in [3.05, 3.63) is 69.7 Å². The zero-order chi connectivity index (χ0) is 17.8. The number of hydrogen-bond acceptors (Lipinski definition) is 7. The second kappa shape index (κ2) is 7.27. The minimum absolute atomic E-state index is 0.356. The Morgan fingerprint density at radius 1 is 1.00 bits per heavy atom. The Morgan fingerprint density at radius 2 is 1.60 bits per heavy atom. The molecule has 126 valence electrons. The third-order valence-electron chi connectivity index (χ3n) is 3.39. The third-order valence-corrected chi connectivity index (χ3v) is 4.22. The molecular formula is C17H16N6OS. The van der Waals surface area contributed by atoms with Crippen LogP contribution >= 0.6 is 11.5 Å². The maximum atomic E-state index is 12.3. The van der Waals surface area contributed by atoms with E-state index in [4.69, 9.17) is 0 Å². The van der Waals surface area contributed by atoms with Crippen LogP contribution in [0.25, 0.3) is 0 Å². The molecule has 0 atom stereocenters. The summed E-state index contributed by atoms with van der Waals surface area (Å²) in [6.45, 7) is 5.53. The van der Waals surface area contributed by atoms with E-state index in [1.165, 1.54) is 0 Å². The number of aryl methyl sites for hydroxylation is 3. The molecule has 0 fully saturated rings. The summed E-state index contributed by atoms with van der Waals surface area (Å²) in [5.41, 5.74) is 6.61. The largest absolute Gasteiger partial charge is 0.285 e. The summed E-state index contributed by atoms with van der Waals surface area (Å²) in [7, 11) is 0. The van der Waals surface area contributed by atoms with E-state index in [1.54, 1.807) is 6.92 Å². The summed E-state index contributed by atoms with van der Waals surface area (Å²) >= 11 is 1.03.